The molecule has 2 aromatic rings. The molecule has 0 amide bonds. The van der Waals surface area contributed by atoms with Crippen LogP contribution in [0.2, 0.25) is 0 Å². The molecule has 1 heterocycles. The number of benzene rings is 2. The molecule has 0 saturated heterocycles. The maximum absolute atomic E-state index is 12.4. The van der Waals surface area contributed by atoms with Gasteiger partial charge in [0.05, 0.1) is 12.2 Å². The molecule has 0 saturated carbocycles. The van der Waals surface area contributed by atoms with Gasteiger partial charge < -0.3 is 9.47 Å². The fourth-order valence-electron chi connectivity index (χ4n) is 2.56. The summed E-state index contributed by atoms with van der Waals surface area (Å²) in [6.07, 6.45) is 0.238. The van der Waals surface area contributed by atoms with Crippen molar-refractivity contribution >= 4 is 17.1 Å². The molecule has 1 aliphatic heterocycles. The van der Waals surface area contributed by atoms with Crippen molar-refractivity contribution < 1.29 is 14.3 Å². The van der Waals surface area contributed by atoms with E-state index in [1.165, 1.54) is 0 Å². The van der Waals surface area contributed by atoms with Crippen molar-refractivity contribution in [3.05, 3.63) is 71.8 Å². The lowest BCUT2D eigenvalue weighted by Crippen LogP contribution is -2.16. The Balaban J connectivity index is 2.11. The summed E-state index contributed by atoms with van der Waals surface area (Å²) < 4.78 is 11.2. The van der Waals surface area contributed by atoms with Crippen LogP contribution in [0.15, 0.2) is 60.7 Å². The van der Waals surface area contributed by atoms with Crippen molar-refractivity contribution in [2.75, 3.05) is 6.61 Å². The van der Waals surface area contributed by atoms with Gasteiger partial charge in [-0.3, -0.25) is 0 Å². The van der Waals surface area contributed by atoms with Gasteiger partial charge in [-0.15, -0.1) is 0 Å². The summed E-state index contributed by atoms with van der Waals surface area (Å²) in [5, 5.41) is 0. The van der Waals surface area contributed by atoms with Crippen LogP contribution in [-0.2, 0) is 14.3 Å². The summed E-state index contributed by atoms with van der Waals surface area (Å²) in [5.41, 5.74) is 3.21. The summed E-state index contributed by atoms with van der Waals surface area (Å²) >= 11 is 0. The molecule has 0 spiro atoms. The maximum Gasteiger partial charge on any atom is 0.341 e. The predicted octanol–water partition coefficient (Wildman–Crippen LogP) is 3.91. The molecule has 1 unspecified atom stereocenters. The second-order valence-corrected chi connectivity index (χ2v) is 5.13. The monoisotopic (exact) mass is 294 g/mol. The number of ether oxygens (including phenoxy) is 2. The number of rotatable bonds is 5. The van der Waals surface area contributed by atoms with Crippen LogP contribution in [0.25, 0.3) is 11.1 Å². The first-order valence-electron chi connectivity index (χ1n) is 7.49. The molecule has 0 bridgehead atoms. The third-order valence-electron chi connectivity index (χ3n) is 3.54. The summed E-state index contributed by atoms with van der Waals surface area (Å²) in [6, 6.07) is 19.4. The van der Waals surface area contributed by atoms with Crippen LogP contribution < -0.4 is 0 Å². The Kier molecular flexibility index (Phi) is 4.35. The quantitative estimate of drug-likeness (QED) is 0.784. The van der Waals surface area contributed by atoms with Crippen LogP contribution in [0.4, 0.5) is 0 Å². The zero-order chi connectivity index (χ0) is 15.4. The highest BCUT2D eigenvalue weighted by Crippen LogP contribution is 2.37. The summed E-state index contributed by atoms with van der Waals surface area (Å²) in [4.78, 5) is 12.4. The fourth-order valence-corrected chi connectivity index (χ4v) is 2.56. The Bertz CT molecular complexity index is 674. The minimum atomic E-state index is -0.634. The van der Waals surface area contributed by atoms with Gasteiger partial charge in [-0.2, -0.15) is 0 Å². The van der Waals surface area contributed by atoms with E-state index in [4.69, 9.17) is 9.47 Å². The lowest BCUT2D eigenvalue weighted by atomic mass is 9.96. The van der Waals surface area contributed by atoms with E-state index in [9.17, 15) is 4.79 Å². The van der Waals surface area contributed by atoms with Crippen molar-refractivity contribution in [1.82, 2.24) is 0 Å². The summed E-state index contributed by atoms with van der Waals surface area (Å²) in [5.74, 6) is -0.328. The molecule has 112 valence electrons. The van der Waals surface area contributed by atoms with Gasteiger partial charge in [-0.1, -0.05) is 67.6 Å². The molecule has 3 rings (SSSR count). The van der Waals surface area contributed by atoms with E-state index < -0.39 is 6.29 Å². The number of carbonyl (C=O) groups is 1. The van der Waals surface area contributed by atoms with Crippen molar-refractivity contribution in [1.29, 1.82) is 0 Å². The van der Waals surface area contributed by atoms with E-state index in [0.717, 1.165) is 23.1 Å². The van der Waals surface area contributed by atoms with Crippen molar-refractivity contribution in [2.45, 2.75) is 19.6 Å². The highest BCUT2D eigenvalue weighted by molar-refractivity contribution is 6.27. The van der Waals surface area contributed by atoms with Gasteiger partial charge in [0, 0.05) is 5.57 Å². The molecule has 0 fully saturated rings. The Morgan fingerprint density at radius 1 is 0.955 bits per heavy atom. The van der Waals surface area contributed by atoms with Gasteiger partial charge in [0.1, 0.15) is 0 Å². The van der Waals surface area contributed by atoms with Crippen LogP contribution >= 0.6 is 0 Å². The van der Waals surface area contributed by atoms with Gasteiger partial charge in [-0.05, 0) is 17.5 Å². The second-order valence-electron chi connectivity index (χ2n) is 5.13. The van der Waals surface area contributed by atoms with E-state index in [2.05, 4.69) is 0 Å². The zero-order valence-electron chi connectivity index (χ0n) is 12.5. The smallest absolute Gasteiger partial charge is 0.341 e. The van der Waals surface area contributed by atoms with Crippen LogP contribution in [0.5, 0.6) is 0 Å². The van der Waals surface area contributed by atoms with E-state index in [0.29, 0.717) is 12.2 Å². The molecule has 3 nitrogen and oxygen atoms in total. The minimum absolute atomic E-state index is 0.328. The third kappa shape index (κ3) is 2.81. The SMILES string of the molecule is CCCOC1OC(=O)C(c2ccccc2)=C1c1ccccc1. The first-order valence-corrected chi connectivity index (χ1v) is 7.49. The van der Waals surface area contributed by atoms with Gasteiger partial charge in [0.15, 0.2) is 0 Å². The second kappa shape index (κ2) is 6.58. The predicted molar refractivity (Wildman–Crippen MR) is 85.8 cm³/mol. The molecular formula is C19H18O3. The Morgan fingerprint density at radius 3 is 2.14 bits per heavy atom. The Labute approximate surface area is 130 Å². The molecular weight excluding hydrogens is 276 g/mol. The Hall–Kier alpha value is -2.39. The lowest BCUT2D eigenvalue weighted by Gasteiger charge is -2.15. The highest BCUT2D eigenvalue weighted by Gasteiger charge is 2.36. The molecule has 22 heavy (non-hydrogen) atoms. The standard InChI is InChI=1S/C19H18O3/c1-2-13-21-19-17(15-11-7-4-8-12-15)16(18(20)22-19)14-9-5-3-6-10-14/h3-12,19H,2,13H2,1H3. The highest BCUT2D eigenvalue weighted by atomic mass is 16.7. The molecule has 1 atom stereocenters. The van der Waals surface area contributed by atoms with Crippen molar-refractivity contribution in [3.8, 4) is 0 Å². The lowest BCUT2D eigenvalue weighted by molar-refractivity contribution is -0.156. The van der Waals surface area contributed by atoms with Gasteiger partial charge in [0.25, 0.3) is 0 Å². The molecule has 0 aromatic heterocycles. The normalized spacial score (nSPS) is 17.7. The van der Waals surface area contributed by atoms with Crippen LogP contribution in [0.1, 0.15) is 24.5 Å². The van der Waals surface area contributed by atoms with Crippen LogP contribution in [0, 0.1) is 0 Å². The average molecular weight is 294 g/mol. The van der Waals surface area contributed by atoms with Gasteiger partial charge >= 0.3 is 5.97 Å². The number of cyclic esters (lactones) is 1. The first-order chi connectivity index (χ1) is 10.8. The molecule has 3 heteroatoms. The molecule has 2 aromatic carbocycles. The Morgan fingerprint density at radius 2 is 1.55 bits per heavy atom. The van der Waals surface area contributed by atoms with Crippen molar-refractivity contribution in [3.63, 3.8) is 0 Å². The molecule has 0 N–H and O–H groups in total. The van der Waals surface area contributed by atoms with Gasteiger partial charge in [-0.25, -0.2) is 4.79 Å². The largest absolute Gasteiger partial charge is 0.428 e. The van der Waals surface area contributed by atoms with E-state index >= 15 is 0 Å². The average Bonchev–Trinajstić information content (AvgIpc) is 2.91. The third-order valence-corrected chi connectivity index (χ3v) is 3.54. The number of esters is 1. The van der Waals surface area contributed by atoms with E-state index in [-0.39, 0.29) is 5.97 Å². The molecule has 1 aliphatic rings. The van der Waals surface area contributed by atoms with Crippen molar-refractivity contribution in [2.24, 2.45) is 0 Å². The zero-order valence-corrected chi connectivity index (χ0v) is 12.5. The topological polar surface area (TPSA) is 35.5 Å². The first kappa shape index (κ1) is 14.5. The summed E-state index contributed by atoms with van der Waals surface area (Å²) in [7, 11) is 0. The minimum Gasteiger partial charge on any atom is -0.428 e. The number of hydrogen-bond donors (Lipinski definition) is 0. The number of carbonyl (C=O) groups excluding carboxylic acids is 1. The van der Waals surface area contributed by atoms with E-state index in [1.54, 1.807) is 0 Å². The molecule has 0 radical (unpaired) electrons. The summed E-state index contributed by atoms with van der Waals surface area (Å²) in [6.45, 7) is 2.58. The number of hydrogen-bond acceptors (Lipinski definition) is 3. The fraction of sp³-hybridized carbons (Fsp3) is 0.211. The van der Waals surface area contributed by atoms with Gasteiger partial charge in [0.2, 0.25) is 6.29 Å². The molecule has 0 aliphatic carbocycles. The maximum atomic E-state index is 12.4. The van der Waals surface area contributed by atoms with Crippen LogP contribution in [-0.4, -0.2) is 18.9 Å². The van der Waals surface area contributed by atoms with Crippen LogP contribution in [0.3, 0.4) is 0 Å². The van der Waals surface area contributed by atoms with E-state index in [1.807, 2.05) is 67.6 Å².